The molecule has 1 unspecified atom stereocenters. The molecule has 0 aromatic rings. The molecule has 0 aliphatic carbocycles. The number of aliphatic hydroxyl groups is 2. The molecule has 5 heteroatoms. The van der Waals surface area contributed by atoms with Gasteiger partial charge in [0.25, 0.3) is 0 Å². The van der Waals surface area contributed by atoms with Gasteiger partial charge in [0.15, 0.2) is 6.29 Å². The van der Waals surface area contributed by atoms with Gasteiger partial charge in [-0.1, -0.05) is 13.8 Å². The Bertz CT molecular complexity index is 135. The minimum absolute atomic E-state index is 0. The minimum Gasteiger partial charge on any atom is -0.394 e. The van der Waals surface area contributed by atoms with Gasteiger partial charge in [-0.15, -0.1) is 0 Å². The summed E-state index contributed by atoms with van der Waals surface area (Å²) in [4.78, 5) is 0. The molecule has 2 N–H and O–H groups in total. The van der Waals surface area contributed by atoms with E-state index in [2.05, 4.69) is 0 Å². The van der Waals surface area contributed by atoms with E-state index in [-0.39, 0.29) is 44.2 Å². The van der Waals surface area contributed by atoms with Gasteiger partial charge < -0.3 is 19.7 Å². The Morgan fingerprint density at radius 3 is 1.69 bits per heavy atom. The number of hydrogen-bond donors (Lipinski definition) is 2. The molecule has 0 aromatic heterocycles. The van der Waals surface area contributed by atoms with E-state index in [4.69, 9.17) is 19.7 Å². The van der Waals surface area contributed by atoms with Gasteiger partial charge >= 0.3 is 0 Å². The predicted molar refractivity (Wildman–Crippen MR) is 60.6 cm³/mol. The van der Waals surface area contributed by atoms with Gasteiger partial charge in [-0.3, -0.25) is 0 Å². The molecule has 0 amide bonds. The maximum Gasteiger partial charge on any atom is 0.151 e. The minimum atomic E-state index is -0.689. The van der Waals surface area contributed by atoms with Crippen molar-refractivity contribution in [1.82, 2.24) is 0 Å². The van der Waals surface area contributed by atoms with Crippen molar-refractivity contribution >= 4 is 0 Å². The molecule has 0 aliphatic rings. The summed E-state index contributed by atoms with van der Waals surface area (Å²) in [5, 5.41) is 16.9. The monoisotopic (exact) mass is 311 g/mol. The average molecular weight is 311 g/mol. The second-order valence-corrected chi connectivity index (χ2v) is 4.60. The van der Waals surface area contributed by atoms with Crippen molar-refractivity contribution in [3.63, 3.8) is 0 Å². The Labute approximate surface area is 125 Å². The van der Waals surface area contributed by atoms with Crippen LogP contribution in [0.15, 0.2) is 0 Å². The van der Waals surface area contributed by atoms with Crippen LogP contribution in [-0.4, -0.2) is 42.9 Å². The molecule has 16 heavy (non-hydrogen) atoms. The number of rotatable bonds is 5. The summed E-state index contributed by atoms with van der Waals surface area (Å²) in [6.07, 6.45) is -0.855. The Morgan fingerprint density at radius 2 is 1.44 bits per heavy atom. The Hall–Kier alpha value is 0.944. The van der Waals surface area contributed by atoms with E-state index in [1.54, 1.807) is 27.9 Å². The smallest absolute Gasteiger partial charge is 0.151 e. The number of ether oxygens (including phenoxy) is 2. The van der Waals surface area contributed by atoms with Crippen LogP contribution in [0.1, 0.15) is 34.6 Å². The van der Waals surface area contributed by atoms with Crippen LogP contribution in [0.4, 0.5) is 0 Å². The third kappa shape index (κ3) is 24.3. The zero-order valence-corrected chi connectivity index (χ0v) is 14.2. The van der Waals surface area contributed by atoms with Gasteiger partial charge in [-0.2, -0.15) is 0 Å². The van der Waals surface area contributed by atoms with Crippen LogP contribution in [-0.2, 0) is 42.2 Å². The van der Waals surface area contributed by atoms with Gasteiger partial charge in [-0.25, -0.2) is 0 Å². The molecule has 1 atom stereocenters. The summed E-state index contributed by atoms with van der Waals surface area (Å²) in [7, 11) is 1.66. The largest absolute Gasteiger partial charge is 0.394 e. The standard InChI is InChI=1S/C8H18O3.C3H8O.Y/c1-7(9)11-6-8(2,3)5-10-4;1-3(2)4;/h7,9H,5-6H2,1-4H3;3-4H,1-2H3;. The van der Waals surface area contributed by atoms with Crippen molar-refractivity contribution in [3.05, 3.63) is 0 Å². The first-order chi connectivity index (χ1) is 6.71. The molecule has 0 bridgehead atoms. The van der Waals surface area contributed by atoms with Crippen molar-refractivity contribution in [3.8, 4) is 0 Å². The van der Waals surface area contributed by atoms with Gasteiger partial charge in [-0.05, 0) is 20.8 Å². The molecule has 97 valence electrons. The molecule has 0 spiro atoms. The molecular formula is C11H26O4Y. The Kier molecular flexibility index (Phi) is 17.2. The second kappa shape index (κ2) is 12.4. The molecule has 0 saturated heterocycles. The van der Waals surface area contributed by atoms with Gasteiger partial charge in [0.2, 0.25) is 0 Å². The van der Waals surface area contributed by atoms with Crippen molar-refractivity contribution < 1.29 is 52.4 Å². The summed E-state index contributed by atoms with van der Waals surface area (Å²) in [6, 6.07) is 0. The van der Waals surface area contributed by atoms with Gasteiger partial charge in [0.1, 0.15) is 0 Å². The maximum atomic E-state index is 8.82. The Morgan fingerprint density at radius 1 is 1.06 bits per heavy atom. The fourth-order valence-electron chi connectivity index (χ4n) is 0.779. The quantitative estimate of drug-likeness (QED) is 0.754. The van der Waals surface area contributed by atoms with Crippen LogP contribution < -0.4 is 0 Å². The van der Waals surface area contributed by atoms with Crippen molar-refractivity contribution in [2.24, 2.45) is 5.41 Å². The third-order valence-electron chi connectivity index (χ3n) is 1.25. The van der Waals surface area contributed by atoms with E-state index < -0.39 is 6.29 Å². The molecule has 0 aromatic carbocycles. The van der Waals surface area contributed by atoms with Gasteiger partial charge in [0, 0.05) is 51.3 Å². The number of hydrogen-bond acceptors (Lipinski definition) is 4. The first-order valence-corrected chi connectivity index (χ1v) is 5.18. The van der Waals surface area contributed by atoms with Crippen molar-refractivity contribution in [2.75, 3.05) is 20.3 Å². The fraction of sp³-hybridized carbons (Fsp3) is 1.00. The second-order valence-electron chi connectivity index (χ2n) is 4.60. The summed E-state index contributed by atoms with van der Waals surface area (Å²) in [5.41, 5.74) is -0.0221. The van der Waals surface area contributed by atoms with Crippen LogP contribution in [0.2, 0.25) is 0 Å². The molecule has 0 fully saturated rings. The zero-order chi connectivity index (χ0) is 12.5. The van der Waals surface area contributed by atoms with Crippen LogP contribution in [0.5, 0.6) is 0 Å². The van der Waals surface area contributed by atoms with E-state index in [1.165, 1.54) is 0 Å². The number of methoxy groups -OCH3 is 1. The summed E-state index contributed by atoms with van der Waals surface area (Å²) < 4.78 is 10.0. The summed E-state index contributed by atoms with van der Waals surface area (Å²) in [5.74, 6) is 0. The van der Waals surface area contributed by atoms with E-state index >= 15 is 0 Å². The molecule has 0 aliphatic heterocycles. The average Bonchev–Trinajstić information content (AvgIpc) is 2.00. The van der Waals surface area contributed by atoms with E-state index in [0.717, 1.165) is 0 Å². The van der Waals surface area contributed by atoms with Crippen LogP contribution in [0.25, 0.3) is 0 Å². The van der Waals surface area contributed by atoms with Crippen LogP contribution >= 0.6 is 0 Å². The number of aliphatic hydroxyl groups excluding tert-OH is 2. The molecule has 0 saturated carbocycles. The topological polar surface area (TPSA) is 58.9 Å². The summed E-state index contributed by atoms with van der Waals surface area (Å²) in [6.45, 7) is 10.2. The van der Waals surface area contributed by atoms with Crippen molar-refractivity contribution in [1.29, 1.82) is 0 Å². The molecule has 1 radical (unpaired) electrons. The first-order valence-electron chi connectivity index (χ1n) is 5.18. The third-order valence-corrected chi connectivity index (χ3v) is 1.25. The Balaban J connectivity index is -0.000000292. The maximum absolute atomic E-state index is 8.82. The van der Waals surface area contributed by atoms with Gasteiger partial charge in [0.05, 0.1) is 13.2 Å². The van der Waals surface area contributed by atoms with Crippen LogP contribution in [0.3, 0.4) is 0 Å². The normalized spacial score (nSPS) is 12.6. The van der Waals surface area contributed by atoms with Crippen molar-refractivity contribution in [2.45, 2.75) is 47.0 Å². The van der Waals surface area contributed by atoms with Crippen LogP contribution in [0, 0.1) is 5.41 Å². The predicted octanol–water partition coefficient (Wildman–Crippen LogP) is 1.40. The SMILES string of the molecule is CC(C)O.COCC(C)(C)COC(C)O.[Y]. The zero-order valence-electron chi connectivity index (χ0n) is 11.4. The molecule has 0 heterocycles. The van der Waals surface area contributed by atoms with E-state index in [1.807, 2.05) is 13.8 Å². The first kappa shape index (κ1) is 22.2. The van der Waals surface area contributed by atoms with E-state index in [9.17, 15) is 0 Å². The molecule has 4 nitrogen and oxygen atoms in total. The fourth-order valence-corrected chi connectivity index (χ4v) is 0.779. The molecule has 0 rings (SSSR count). The summed E-state index contributed by atoms with van der Waals surface area (Å²) >= 11 is 0. The molecular weight excluding hydrogens is 285 g/mol. The van der Waals surface area contributed by atoms with E-state index in [0.29, 0.717) is 13.2 Å².